The van der Waals surface area contributed by atoms with Gasteiger partial charge in [-0.3, -0.25) is 4.79 Å². The minimum absolute atomic E-state index is 0.136. The lowest BCUT2D eigenvalue weighted by atomic mass is 9.88. The number of carbonyl (C=O) groups excluding carboxylic acids is 1. The molecule has 0 spiro atoms. The molecule has 7 heteroatoms. The van der Waals surface area contributed by atoms with Crippen LogP contribution >= 0.6 is 0 Å². The molecule has 224 valence electrons. The fourth-order valence-electron chi connectivity index (χ4n) is 5.65. The monoisotopic (exact) mass is 578 g/mol. The van der Waals surface area contributed by atoms with Gasteiger partial charge in [-0.2, -0.15) is 13.2 Å². The first-order valence-corrected chi connectivity index (χ1v) is 15.3. The van der Waals surface area contributed by atoms with Crippen molar-refractivity contribution in [3.05, 3.63) is 89.0 Å². The number of hydrogen-bond acceptors (Lipinski definition) is 3. The van der Waals surface area contributed by atoms with Crippen molar-refractivity contribution in [3.8, 4) is 16.9 Å². The van der Waals surface area contributed by atoms with Gasteiger partial charge in [-0.1, -0.05) is 43.3 Å². The minimum Gasteiger partial charge on any atom is -0.493 e. The van der Waals surface area contributed by atoms with E-state index in [1.54, 1.807) is 24.3 Å². The first-order chi connectivity index (χ1) is 20.3. The minimum atomic E-state index is -4.35. The Balaban J connectivity index is 1.01. The van der Waals surface area contributed by atoms with Gasteiger partial charge < -0.3 is 15.0 Å². The molecule has 2 fully saturated rings. The lowest BCUT2D eigenvalue weighted by Crippen LogP contribution is -2.34. The van der Waals surface area contributed by atoms with Gasteiger partial charge in [-0.15, -0.1) is 0 Å². The number of rotatable bonds is 12. The maximum atomic E-state index is 12.8. The Bertz CT molecular complexity index is 1310. The molecule has 3 aromatic rings. The summed E-state index contributed by atoms with van der Waals surface area (Å²) < 4.78 is 44.7. The lowest BCUT2D eigenvalue weighted by Gasteiger charge is -2.33. The number of halogens is 3. The highest BCUT2D eigenvalue weighted by atomic mass is 19.4. The van der Waals surface area contributed by atoms with Crippen LogP contribution in [0.3, 0.4) is 0 Å². The number of benzene rings is 3. The standard InChI is InChI=1S/C35H41F3N2O2/c1-2-25-7-16-32(33(23-25)42-24-26-5-6-26)29-17-21-40(22-18-29)20-4-3-19-39-34(41)30-10-8-27(9-11-30)28-12-14-31(15-13-28)35(36,37)38/h7-16,23,26,29H,2-6,17-22,24H2,1H3,(H,39,41). The maximum absolute atomic E-state index is 12.8. The van der Waals surface area contributed by atoms with E-state index in [9.17, 15) is 18.0 Å². The molecule has 3 aromatic carbocycles. The zero-order valence-corrected chi connectivity index (χ0v) is 24.4. The van der Waals surface area contributed by atoms with Crippen LogP contribution in [0.2, 0.25) is 0 Å². The summed E-state index contributed by atoms with van der Waals surface area (Å²) in [6, 6.07) is 18.8. The molecule has 0 atom stereocenters. The fourth-order valence-corrected chi connectivity index (χ4v) is 5.65. The molecule has 1 aliphatic carbocycles. The molecule has 1 saturated heterocycles. The predicted octanol–water partition coefficient (Wildman–Crippen LogP) is 8.11. The molecule has 42 heavy (non-hydrogen) atoms. The molecule has 0 bridgehead atoms. The number of piperidine rings is 1. The highest BCUT2D eigenvalue weighted by Crippen LogP contribution is 2.37. The summed E-state index contributed by atoms with van der Waals surface area (Å²) in [4.78, 5) is 15.1. The molecule has 1 aliphatic heterocycles. The number of likely N-dealkylation sites (tertiary alicyclic amines) is 1. The van der Waals surface area contributed by atoms with Gasteiger partial charge in [0.1, 0.15) is 5.75 Å². The fraction of sp³-hybridized carbons (Fsp3) is 0.457. The van der Waals surface area contributed by atoms with Crippen molar-refractivity contribution < 1.29 is 22.7 Å². The number of alkyl halides is 3. The summed E-state index contributed by atoms with van der Waals surface area (Å²) in [5.74, 6) is 2.26. The number of aryl methyl sites for hydroxylation is 1. The maximum Gasteiger partial charge on any atom is 0.416 e. The lowest BCUT2D eigenvalue weighted by molar-refractivity contribution is -0.137. The number of nitrogens with zero attached hydrogens (tertiary/aromatic N) is 1. The van der Waals surface area contributed by atoms with E-state index < -0.39 is 11.7 Å². The van der Waals surface area contributed by atoms with Crippen LogP contribution in [-0.2, 0) is 12.6 Å². The number of amides is 1. The summed E-state index contributed by atoms with van der Waals surface area (Å²) in [5, 5.41) is 2.99. The van der Waals surface area contributed by atoms with Crippen LogP contribution in [0.15, 0.2) is 66.7 Å². The number of ether oxygens (including phenoxy) is 1. The smallest absolute Gasteiger partial charge is 0.416 e. The molecule has 1 N–H and O–H groups in total. The number of carbonyl (C=O) groups is 1. The van der Waals surface area contributed by atoms with E-state index in [0.717, 1.165) is 87.7 Å². The molecular formula is C35H41F3N2O2. The van der Waals surface area contributed by atoms with Crippen LogP contribution in [-0.4, -0.2) is 43.6 Å². The molecule has 1 heterocycles. The highest BCUT2D eigenvalue weighted by molar-refractivity contribution is 5.94. The number of nitrogens with one attached hydrogen (secondary N) is 1. The Morgan fingerprint density at radius 3 is 2.19 bits per heavy atom. The average Bonchev–Trinajstić information content (AvgIpc) is 3.84. The van der Waals surface area contributed by atoms with Gasteiger partial charge in [0.15, 0.2) is 0 Å². The van der Waals surface area contributed by atoms with Crippen LogP contribution in [0.5, 0.6) is 5.75 Å². The van der Waals surface area contributed by atoms with Gasteiger partial charge >= 0.3 is 6.18 Å². The van der Waals surface area contributed by atoms with E-state index in [4.69, 9.17) is 4.74 Å². The predicted molar refractivity (Wildman–Crippen MR) is 161 cm³/mol. The molecule has 5 rings (SSSR count). The van der Waals surface area contributed by atoms with Crippen molar-refractivity contribution in [2.45, 2.75) is 64.0 Å². The van der Waals surface area contributed by atoms with Gasteiger partial charge in [-0.05, 0) is 129 Å². The Morgan fingerprint density at radius 2 is 1.57 bits per heavy atom. The van der Waals surface area contributed by atoms with Crippen LogP contribution in [0, 0.1) is 5.92 Å². The van der Waals surface area contributed by atoms with Crippen LogP contribution in [0.4, 0.5) is 13.2 Å². The van der Waals surface area contributed by atoms with Crippen LogP contribution in [0.1, 0.15) is 78.4 Å². The largest absolute Gasteiger partial charge is 0.493 e. The molecular weight excluding hydrogens is 537 g/mol. The summed E-state index contributed by atoms with van der Waals surface area (Å²) in [5.41, 5.74) is 4.03. The molecule has 1 saturated carbocycles. The van der Waals surface area contributed by atoms with E-state index >= 15 is 0 Å². The zero-order valence-electron chi connectivity index (χ0n) is 24.4. The van der Waals surface area contributed by atoms with Crippen molar-refractivity contribution in [3.63, 3.8) is 0 Å². The van der Waals surface area contributed by atoms with Crippen molar-refractivity contribution in [2.75, 3.05) is 32.8 Å². The molecule has 2 aliphatic rings. The average molecular weight is 579 g/mol. The van der Waals surface area contributed by atoms with E-state index in [-0.39, 0.29) is 5.91 Å². The normalized spacial score (nSPS) is 16.4. The zero-order chi connectivity index (χ0) is 29.5. The van der Waals surface area contributed by atoms with Crippen molar-refractivity contribution >= 4 is 5.91 Å². The van der Waals surface area contributed by atoms with Gasteiger partial charge in [0, 0.05) is 12.1 Å². The molecule has 4 nitrogen and oxygen atoms in total. The van der Waals surface area contributed by atoms with E-state index in [2.05, 4.69) is 35.3 Å². The third-order valence-electron chi connectivity index (χ3n) is 8.56. The Kier molecular flexibility index (Phi) is 9.88. The van der Waals surface area contributed by atoms with Crippen molar-refractivity contribution in [2.24, 2.45) is 5.92 Å². The third-order valence-corrected chi connectivity index (χ3v) is 8.56. The summed E-state index contributed by atoms with van der Waals surface area (Å²) in [7, 11) is 0. The SMILES string of the molecule is CCc1ccc(C2CCN(CCCCNC(=O)c3ccc(-c4ccc(C(F)(F)F)cc4)cc3)CC2)c(OCC2CC2)c1. The highest BCUT2D eigenvalue weighted by Gasteiger charge is 2.30. The quantitative estimate of drug-likeness (QED) is 0.221. The molecule has 0 radical (unpaired) electrons. The van der Waals surface area contributed by atoms with Crippen LogP contribution < -0.4 is 10.1 Å². The molecule has 1 amide bonds. The van der Waals surface area contributed by atoms with E-state index in [1.165, 1.54) is 36.1 Å². The molecule has 0 unspecified atom stereocenters. The van der Waals surface area contributed by atoms with E-state index in [0.29, 0.717) is 23.6 Å². The van der Waals surface area contributed by atoms with Gasteiger partial charge in [0.05, 0.1) is 12.2 Å². The van der Waals surface area contributed by atoms with Crippen LogP contribution in [0.25, 0.3) is 11.1 Å². The molecule has 0 aromatic heterocycles. The first-order valence-electron chi connectivity index (χ1n) is 15.3. The summed E-state index contributed by atoms with van der Waals surface area (Å²) in [6.45, 7) is 6.85. The Hall–Kier alpha value is -3.32. The number of hydrogen-bond donors (Lipinski definition) is 1. The second-order valence-electron chi connectivity index (χ2n) is 11.7. The topological polar surface area (TPSA) is 41.6 Å². The summed E-state index contributed by atoms with van der Waals surface area (Å²) >= 11 is 0. The van der Waals surface area contributed by atoms with Crippen molar-refractivity contribution in [1.82, 2.24) is 10.2 Å². The van der Waals surface area contributed by atoms with Gasteiger partial charge in [0.2, 0.25) is 0 Å². The Labute approximate surface area is 247 Å². The Morgan fingerprint density at radius 1 is 0.905 bits per heavy atom. The second-order valence-corrected chi connectivity index (χ2v) is 11.7. The third kappa shape index (κ3) is 8.15. The summed E-state index contributed by atoms with van der Waals surface area (Å²) in [6.07, 6.45) is 3.49. The van der Waals surface area contributed by atoms with Crippen molar-refractivity contribution in [1.29, 1.82) is 0 Å². The number of unbranched alkanes of at least 4 members (excludes halogenated alkanes) is 1. The first kappa shape index (κ1) is 30.1. The second kappa shape index (κ2) is 13.8. The van der Waals surface area contributed by atoms with Gasteiger partial charge in [-0.25, -0.2) is 0 Å². The van der Waals surface area contributed by atoms with Gasteiger partial charge in [0.25, 0.3) is 5.91 Å². The van der Waals surface area contributed by atoms with E-state index in [1.807, 2.05) is 0 Å².